The van der Waals surface area contributed by atoms with Crippen molar-refractivity contribution in [1.29, 1.82) is 0 Å². The number of aliphatic hydroxyl groups is 1. The molecule has 0 spiro atoms. The molecule has 0 aromatic heterocycles. The molecule has 2 nitrogen and oxygen atoms in total. The van der Waals surface area contributed by atoms with E-state index in [2.05, 4.69) is 0 Å². The number of carbonyl (C=O) groups is 1. The fourth-order valence-corrected chi connectivity index (χ4v) is 2.44. The molecule has 0 saturated carbocycles. The maximum absolute atomic E-state index is 11.8. The van der Waals surface area contributed by atoms with E-state index in [9.17, 15) is 9.90 Å². The van der Waals surface area contributed by atoms with Crippen molar-refractivity contribution >= 4 is 5.78 Å². The Hall–Kier alpha value is -2.71. The van der Waals surface area contributed by atoms with Gasteiger partial charge in [0.1, 0.15) is 0 Å². The minimum absolute atomic E-state index is 0.0752. The van der Waals surface area contributed by atoms with Crippen molar-refractivity contribution in [1.82, 2.24) is 0 Å². The molecule has 0 saturated heterocycles. The minimum Gasteiger partial charge on any atom is -0.390 e. The second-order valence-electron chi connectivity index (χ2n) is 6.54. The quantitative estimate of drug-likeness (QED) is 0.689. The number of hydrogen-bond donors (Lipinski definition) is 1. The molecule has 3 aromatic carbocycles. The van der Waals surface area contributed by atoms with E-state index in [1.807, 2.05) is 105 Å². The Bertz CT molecular complexity index is 716. The Labute approximate surface area is 149 Å². The van der Waals surface area contributed by atoms with Crippen LogP contribution in [0.1, 0.15) is 35.3 Å². The van der Waals surface area contributed by atoms with Crippen LogP contribution < -0.4 is 0 Å². The second kappa shape index (κ2) is 8.95. The third-order valence-corrected chi connectivity index (χ3v) is 3.55. The molecule has 25 heavy (non-hydrogen) atoms. The van der Waals surface area contributed by atoms with Gasteiger partial charge in [-0.3, -0.25) is 4.79 Å². The van der Waals surface area contributed by atoms with Gasteiger partial charge in [0.25, 0.3) is 0 Å². The number of hydrogen-bond acceptors (Lipinski definition) is 2. The van der Waals surface area contributed by atoms with E-state index in [0.29, 0.717) is 6.42 Å². The summed E-state index contributed by atoms with van der Waals surface area (Å²) in [5, 5.41) is 9.47. The van der Waals surface area contributed by atoms with Gasteiger partial charge in [0.2, 0.25) is 0 Å². The summed E-state index contributed by atoms with van der Waals surface area (Å²) in [5.41, 5.74) is 2.05. The fraction of sp³-hybridized carbons (Fsp3) is 0.174. The van der Waals surface area contributed by atoms with E-state index in [1.54, 1.807) is 0 Å². The SMILES string of the molecule is CC(C)(O)Cc1ccccc1.O=C(c1ccccc1)c1ccccc1. The van der Waals surface area contributed by atoms with Crippen LogP contribution in [-0.2, 0) is 6.42 Å². The standard InChI is InChI=1S/C13H10O.C10H14O/c14-13(11-7-3-1-4-8-11)12-9-5-2-6-10-12;1-10(2,11)8-9-6-4-3-5-7-9/h1-10H;3-7,11H,8H2,1-2H3. The topological polar surface area (TPSA) is 37.3 Å². The highest BCUT2D eigenvalue weighted by atomic mass is 16.3. The van der Waals surface area contributed by atoms with Gasteiger partial charge in [0.05, 0.1) is 5.60 Å². The van der Waals surface area contributed by atoms with Crippen molar-refractivity contribution in [2.45, 2.75) is 25.9 Å². The van der Waals surface area contributed by atoms with Crippen LogP contribution in [0.5, 0.6) is 0 Å². The second-order valence-corrected chi connectivity index (χ2v) is 6.54. The summed E-state index contributed by atoms with van der Waals surface area (Å²) in [6, 6.07) is 28.6. The lowest BCUT2D eigenvalue weighted by molar-refractivity contribution is 0.0810. The van der Waals surface area contributed by atoms with Crippen LogP contribution in [0, 0.1) is 0 Å². The highest BCUT2D eigenvalue weighted by molar-refractivity contribution is 6.08. The van der Waals surface area contributed by atoms with Gasteiger partial charge in [-0.05, 0) is 19.4 Å². The molecule has 2 heteroatoms. The van der Waals surface area contributed by atoms with Crippen molar-refractivity contribution in [3.8, 4) is 0 Å². The van der Waals surface area contributed by atoms with Gasteiger partial charge < -0.3 is 5.11 Å². The molecule has 3 rings (SSSR count). The summed E-state index contributed by atoms with van der Waals surface area (Å²) in [7, 11) is 0. The van der Waals surface area contributed by atoms with Gasteiger partial charge in [-0.25, -0.2) is 0 Å². The summed E-state index contributed by atoms with van der Waals surface area (Å²) in [6.45, 7) is 3.64. The van der Waals surface area contributed by atoms with Crippen LogP contribution in [0.3, 0.4) is 0 Å². The molecule has 0 aliphatic carbocycles. The molecule has 0 radical (unpaired) electrons. The largest absolute Gasteiger partial charge is 0.390 e. The fourth-order valence-electron chi connectivity index (χ4n) is 2.44. The molecule has 0 bridgehead atoms. The summed E-state index contributed by atoms with van der Waals surface area (Å²) in [4.78, 5) is 11.8. The molecule has 0 heterocycles. The lowest BCUT2D eigenvalue weighted by Gasteiger charge is -2.16. The van der Waals surface area contributed by atoms with Gasteiger partial charge in [0, 0.05) is 17.5 Å². The first-order chi connectivity index (χ1) is 12.0. The van der Waals surface area contributed by atoms with Crippen LogP contribution in [0.2, 0.25) is 0 Å². The third kappa shape index (κ3) is 6.74. The Morgan fingerprint density at radius 1 is 0.720 bits per heavy atom. The Morgan fingerprint density at radius 3 is 1.44 bits per heavy atom. The zero-order valence-corrected chi connectivity index (χ0v) is 14.7. The van der Waals surface area contributed by atoms with Crippen molar-refractivity contribution < 1.29 is 9.90 Å². The smallest absolute Gasteiger partial charge is 0.193 e. The average molecular weight is 332 g/mol. The van der Waals surface area contributed by atoms with Gasteiger partial charge in [0.15, 0.2) is 5.78 Å². The number of carbonyl (C=O) groups excluding carboxylic acids is 1. The predicted molar refractivity (Wildman–Crippen MR) is 103 cm³/mol. The molecule has 0 fully saturated rings. The van der Waals surface area contributed by atoms with E-state index in [4.69, 9.17) is 0 Å². The molecule has 0 amide bonds. The van der Waals surface area contributed by atoms with Crippen molar-refractivity contribution in [3.05, 3.63) is 108 Å². The normalized spacial score (nSPS) is 10.5. The third-order valence-electron chi connectivity index (χ3n) is 3.55. The summed E-state index contributed by atoms with van der Waals surface area (Å²) >= 11 is 0. The first-order valence-corrected chi connectivity index (χ1v) is 8.37. The summed E-state index contributed by atoms with van der Waals surface area (Å²) in [6.07, 6.45) is 0.716. The van der Waals surface area contributed by atoms with E-state index in [-0.39, 0.29) is 5.78 Å². The highest BCUT2D eigenvalue weighted by Crippen LogP contribution is 2.11. The monoisotopic (exact) mass is 332 g/mol. The van der Waals surface area contributed by atoms with Crippen LogP contribution in [0.4, 0.5) is 0 Å². The van der Waals surface area contributed by atoms with Crippen molar-refractivity contribution in [2.75, 3.05) is 0 Å². The van der Waals surface area contributed by atoms with E-state index < -0.39 is 5.60 Å². The molecular formula is C23H24O2. The summed E-state index contributed by atoms with van der Waals surface area (Å²) < 4.78 is 0. The van der Waals surface area contributed by atoms with Crippen molar-refractivity contribution in [2.24, 2.45) is 0 Å². The van der Waals surface area contributed by atoms with Gasteiger partial charge >= 0.3 is 0 Å². The predicted octanol–water partition coefficient (Wildman–Crippen LogP) is 4.92. The van der Waals surface area contributed by atoms with Gasteiger partial charge in [-0.15, -0.1) is 0 Å². The molecule has 1 N–H and O–H groups in total. The molecule has 0 aliphatic rings. The molecular weight excluding hydrogens is 308 g/mol. The van der Waals surface area contributed by atoms with Gasteiger partial charge in [-0.2, -0.15) is 0 Å². The maximum Gasteiger partial charge on any atom is 0.193 e. The number of rotatable bonds is 4. The number of ketones is 1. The lowest BCUT2D eigenvalue weighted by Crippen LogP contribution is -2.21. The molecule has 3 aromatic rings. The van der Waals surface area contributed by atoms with Crippen LogP contribution in [0.15, 0.2) is 91.0 Å². The summed E-state index contributed by atoms with van der Waals surface area (Å²) in [5.74, 6) is 0.0752. The van der Waals surface area contributed by atoms with E-state index in [1.165, 1.54) is 5.56 Å². The lowest BCUT2D eigenvalue weighted by atomic mass is 9.99. The molecule has 0 aliphatic heterocycles. The number of benzene rings is 3. The first-order valence-electron chi connectivity index (χ1n) is 8.37. The first kappa shape index (κ1) is 18.6. The van der Waals surface area contributed by atoms with Crippen molar-refractivity contribution in [3.63, 3.8) is 0 Å². The minimum atomic E-state index is -0.596. The zero-order chi connectivity index (χ0) is 18.1. The van der Waals surface area contributed by atoms with E-state index >= 15 is 0 Å². The van der Waals surface area contributed by atoms with Crippen LogP contribution >= 0.6 is 0 Å². The molecule has 0 unspecified atom stereocenters. The van der Waals surface area contributed by atoms with Gasteiger partial charge in [-0.1, -0.05) is 91.0 Å². The highest BCUT2D eigenvalue weighted by Gasteiger charge is 2.12. The average Bonchev–Trinajstić information content (AvgIpc) is 2.63. The van der Waals surface area contributed by atoms with Crippen LogP contribution in [0.25, 0.3) is 0 Å². The van der Waals surface area contributed by atoms with E-state index in [0.717, 1.165) is 11.1 Å². The molecule has 0 atom stereocenters. The zero-order valence-electron chi connectivity index (χ0n) is 14.7. The Balaban J connectivity index is 0.000000186. The molecule has 128 valence electrons. The van der Waals surface area contributed by atoms with Crippen LogP contribution in [-0.4, -0.2) is 16.5 Å². The maximum atomic E-state index is 11.8. The Kier molecular flexibility index (Phi) is 6.67. The Morgan fingerprint density at radius 2 is 1.08 bits per heavy atom.